The van der Waals surface area contributed by atoms with E-state index in [1.807, 2.05) is 12.4 Å². The monoisotopic (exact) mass is 351 g/mol. The number of imidazole rings is 1. The Labute approximate surface area is 153 Å². The summed E-state index contributed by atoms with van der Waals surface area (Å²) in [6.45, 7) is 5.62. The number of hydrogen-bond acceptors (Lipinski definition) is 5. The molecule has 6 nitrogen and oxygen atoms in total. The van der Waals surface area contributed by atoms with E-state index >= 15 is 0 Å². The average molecular weight is 351 g/mol. The van der Waals surface area contributed by atoms with Gasteiger partial charge in [-0.3, -0.25) is 4.90 Å². The first kappa shape index (κ1) is 17.1. The minimum absolute atomic E-state index is 0.461. The number of aryl methyl sites for hydroxylation is 1. The number of aromatic nitrogens is 4. The Balaban J connectivity index is 1.36. The van der Waals surface area contributed by atoms with Crippen LogP contribution in [0.5, 0.6) is 0 Å². The quantitative estimate of drug-likeness (QED) is 0.765. The molecule has 1 N–H and O–H groups in total. The van der Waals surface area contributed by atoms with Gasteiger partial charge < -0.3 is 9.72 Å². The van der Waals surface area contributed by atoms with Crippen LogP contribution >= 0.6 is 0 Å². The highest BCUT2D eigenvalue weighted by Crippen LogP contribution is 2.29. The highest BCUT2D eigenvalue weighted by molar-refractivity contribution is 5.78. The standard InChI is InChI=1S/C20H25N5O/c1-14-4-3-5-17-19(14)24-20(23-17)16-6-8-25(9-7-16)12-15-10-21-18(13-26-2)22-11-15/h3-5,10-11,16H,6-9,12-13H2,1-2H3,(H,23,24). The fourth-order valence-electron chi connectivity index (χ4n) is 3.68. The summed E-state index contributed by atoms with van der Waals surface area (Å²) in [4.78, 5) is 19.6. The fraction of sp³-hybridized carbons (Fsp3) is 0.450. The third-order valence-corrected chi connectivity index (χ3v) is 5.15. The van der Waals surface area contributed by atoms with E-state index in [-0.39, 0.29) is 0 Å². The number of fused-ring (bicyclic) bond motifs is 1. The Hall–Kier alpha value is -2.31. The van der Waals surface area contributed by atoms with E-state index in [0.29, 0.717) is 12.5 Å². The van der Waals surface area contributed by atoms with Crippen molar-refractivity contribution in [1.29, 1.82) is 0 Å². The molecule has 2 aromatic heterocycles. The second kappa shape index (κ2) is 7.51. The summed E-state index contributed by atoms with van der Waals surface area (Å²) in [6.07, 6.45) is 6.08. The number of nitrogens with one attached hydrogen (secondary N) is 1. The molecule has 4 rings (SSSR count). The lowest BCUT2D eigenvalue weighted by atomic mass is 9.96. The summed E-state index contributed by atoms with van der Waals surface area (Å²) in [7, 11) is 1.66. The Kier molecular flexibility index (Phi) is 4.95. The Morgan fingerprint density at radius 1 is 1.19 bits per heavy atom. The van der Waals surface area contributed by atoms with Crippen LogP contribution in [-0.4, -0.2) is 45.0 Å². The van der Waals surface area contributed by atoms with E-state index in [1.54, 1.807) is 7.11 Å². The van der Waals surface area contributed by atoms with E-state index in [1.165, 1.54) is 5.56 Å². The molecule has 0 amide bonds. The lowest BCUT2D eigenvalue weighted by Gasteiger charge is -2.30. The highest BCUT2D eigenvalue weighted by Gasteiger charge is 2.23. The molecular weight excluding hydrogens is 326 g/mol. The van der Waals surface area contributed by atoms with Gasteiger partial charge in [0.1, 0.15) is 12.4 Å². The van der Waals surface area contributed by atoms with Crippen molar-refractivity contribution >= 4 is 11.0 Å². The molecule has 1 aromatic carbocycles. The number of H-pyrrole nitrogens is 1. The summed E-state index contributed by atoms with van der Waals surface area (Å²) < 4.78 is 5.06. The van der Waals surface area contributed by atoms with E-state index in [0.717, 1.165) is 60.7 Å². The fourth-order valence-corrected chi connectivity index (χ4v) is 3.68. The maximum Gasteiger partial charge on any atom is 0.153 e. The number of para-hydroxylation sites is 1. The molecule has 3 heterocycles. The lowest BCUT2D eigenvalue weighted by molar-refractivity contribution is 0.177. The normalized spacial score (nSPS) is 16.4. The van der Waals surface area contributed by atoms with Crippen LogP contribution in [0, 0.1) is 6.92 Å². The zero-order valence-corrected chi connectivity index (χ0v) is 15.4. The van der Waals surface area contributed by atoms with Crippen LogP contribution in [0.15, 0.2) is 30.6 Å². The molecule has 1 saturated heterocycles. The molecule has 136 valence electrons. The van der Waals surface area contributed by atoms with Crippen LogP contribution in [0.3, 0.4) is 0 Å². The molecule has 0 saturated carbocycles. The maximum absolute atomic E-state index is 5.06. The molecule has 1 aliphatic heterocycles. The average Bonchev–Trinajstić information content (AvgIpc) is 3.10. The Morgan fingerprint density at radius 2 is 1.96 bits per heavy atom. The number of hydrogen-bond donors (Lipinski definition) is 1. The van der Waals surface area contributed by atoms with Crippen LogP contribution in [0.2, 0.25) is 0 Å². The van der Waals surface area contributed by atoms with Crippen LogP contribution in [-0.2, 0) is 17.9 Å². The number of benzene rings is 1. The van der Waals surface area contributed by atoms with Gasteiger partial charge >= 0.3 is 0 Å². The number of methoxy groups -OCH3 is 1. The van der Waals surface area contributed by atoms with Crippen molar-refractivity contribution in [3.8, 4) is 0 Å². The first-order valence-corrected chi connectivity index (χ1v) is 9.19. The maximum atomic E-state index is 5.06. The van der Waals surface area contributed by atoms with E-state index in [4.69, 9.17) is 9.72 Å². The summed E-state index contributed by atoms with van der Waals surface area (Å²) >= 11 is 0. The van der Waals surface area contributed by atoms with Gasteiger partial charge in [0.15, 0.2) is 5.82 Å². The van der Waals surface area contributed by atoms with E-state index in [2.05, 4.69) is 45.0 Å². The Bertz CT molecular complexity index is 866. The summed E-state index contributed by atoms with van der Waals surface area (Å²) in [5, 5.41) is 0. The Morgan fingerprint density at radius 3 is 2.65 bits per heavy atom. The predicted octanol–water partition coefficient (Wildman–Crippen LogP) is 3.19. The van der Waals surface area contributed by atoms with Crippen molar-refractivity contribution in [2.75, 3.05) is 20.2 Å². The topological polar surface area (TPSA) is 66.9 Å². The molecular formula is C20H25N5O. The van der Waals surface area contributed by atoms with Gasteiger partial charge in [0.2, 0.25) is 0 Å². The van der Waals surface area contributed by atoms with Gasteiger partial charge in [-0.25, -0.2) is 15.0 Å². The van der Waals surface area contributed by atoms with Gasteiger partial charge in [0, 0.05) is 37.5 Å². The molecule has 0 aliphatic carbocycles. The number of aromatic amines is 1. The smallest absolute Gasteiger partial charge is 0.153 e. The molecule has 0 bridgehead atoms. The van der Waals surface area contributed by atoms with E-state index in [9.17, 15) is 0 Å². The highest BCUT2D eigenvalue weighted by atomic mass is 16.5. The first-order valence-electron chi connectivity index (χ1n) is 9.19. The molecule has 26 heavy (non-hydrogen) atoms. The minimum atomic E-state index is 0.461. The largest absolute Gasteiger partial charge is 0.377 e. The number of likely N-dealkylation sites (tertiary alicyclic amines) is 1. The van der Waals surface area contributed by atoms with E-state index < -0.39 is 0 Å². The molecule has 0 spiro atoms. The number of nitrogens with zero attached hydrogens (tertiary/aromatic N) is 4. The van der Waals surface area contributed by atoms with Gasteiger partial charge in [0.25, 0.3) is 0 Å². The van der Waals surface area contributed by atoms with Crippen LogP contribution in [0.25, 0.3) is 11.0 Å². The molecule has 3 aromatic rings. The van der Waals surface area contributed by atoms with Crippen molar-refractivity contribution in [2.45, 2.75) is 38.8 Å². The molecule has 0 radical (unpaired) electrons. The van der Waals surface area contributed by atoms with Crippen LogP contribution in [0.1, 0.15) is 41.5 Å². The third kappa shape index (κ3) is 3.61. The van der Waals surface area contributed by atoms with Crippen LogP contribution < -0.4 is 0 Å². The first-order chi connectivity index (χ1) is 12.7. The zero-order valence-electron chi connectivity index (χ0n) is 15.4. The summed E-state index contributed by atoms with van der Waals surface area (Å²) in [6, 6.07) is 6.32. The van der Waals surface area contributed by atoms with Gasteiger partial charge in [-0.1, -0.05) is 12.1 Å². The second-order valence-electron chi connectivity index (χ2n) is 7.08. The summed E-state index contributed by atoms with van der Waals surface area (Å²) in [5.41, 5.74) is 4.65. The van der Waals surface area contributed by atoms with Crippen LogP contribution in [0.4, 0.5) is 0 Å². The molecule has 6 heteroatoms. The number of ether oxygens (including phenoxy) is 1. The number of rotatable bonds is 5. The SMILES string of the molecule is COCc1ncc(CN2CCC(c3nc4c(C)cccc4[nH]3)CC2)cn1. The van der Waals surface area contributed by atoms with Gasteiger partial charge in [-0.05, 0) is 44.5 Å². The second-order valence-corrected chi connectivity index (χ2v) is 7.08. The van der Waals surface area contributed by atoms with Gasteiger partial charge in [-0.15, -0.1) is 0 Å². The van der Waals surface area contributed by atoms with Crippen molar-refractivity contribution in [2.24, 2.45) is 0 Å². The molecule has 1 fully saturated rings. The molecule has 0 unspecified atom stereocenters. The van der Waals surface area contributed by atoms with Crippen molar-refractivity contribution in [3.05, 3.63) is 53.4 Å². The third-order valence-electron chi connectivity index (χ3n) is 5.15. The molecule has 0 atom stereocenters. The van der Waals surface area contributed by atoms with Gasteiger partial charge in [-0.2, -0.15) is 0 Å². The zero-order chi connectivity index (χ0) is 17.9. The minimum Gasteiger partial charge on any atom is -0.377 e. The van der Waals surface area contributed by atoms with Crippen molar-refractivity contribution in [1.82, 2.24) is 24.8 Å². The summed E-state index contributed by atoms with van der Waals surface area (Å²) in [5.74, 6) is 2.38. The van der Waals surface area contributed by atoms with Crippen molar-refractivity contribution in [3.63, 3.8) is 0 Å². The molecule has 1 aliphatic rings. The van der Waals surface area contributed by atoms with Crippen molar-refractivity contribution < 1.29 is 4.74 Å². The number of piperidine rings is 1. The van der Waals surface area contributed by atoms with Gasteiger partial charge in [0.05, 0.1) is 11.0 Å². The predicted molar refractivity (Wildman–Crippen MR) is 101 cm³/mol. The lowest BCUT2D eigenvalue weighted by Crippen LogP contribution is -2.32.